The fourth-order valence-corrected chi connectivity index (χ4v) is 4.81. The van der Waals surface area contributed by atoms with Gasteiger partial charge in [0, 0.05) is 18.9 Å². The number of unbranched alkanes of at least 4 members (excludes halogenated alkanes) is 1. The highest BCUT2D eigenvalue weighted by atomic mass is 32.2. The second kappa shape index (κ2) is 11.9. The van der Waals surface area contributed by atoms with E-state index in [-0.39, 0.29) is 23.1 Å². The first-order valence-electron chi connectivity index (χ1n) is 11.6. The third kappa shape index (κ3) is 7.36. The number of hydrogen-bond acceptors (Lipinski definition) is 6. The van der Waals surface area contributed by atoms with Crippen molar-refractivity contribution >= 4 is 15.8 Å². The molecular weight excluding hydrogens is 469 g/mol. The Bertz CT molecular complexity index is 1240. The molecule has 1 heterocycles. The Labute approximate surface area is 206 Å². The summed E-state index contributed by atoms with van der Waals surface area (Å²) in [6.45, 7) is 4.36. The number of sulfone groups is 1. The van der Waals surface area contributed by atoms with Gasteiger partial charge in [-0.15, -0.1) is 0 Å². The lowest BCUT2D eigenvalue weighted by Crippen LogP contribution is -2.12. The van der Waals surface area contributed by atoms with Crippen molar-refractivity contribution in [3.63, 3.8) is 0 Å². The number of pyridine rings is 1. The summed E-state index contributed by atoms with van der Waals surface area (Å²) in [5.74, 6) is -0.354. The highest BCUT2D eigenvalue weighted by molar-refractivity contribution is 7.90. The Balaban J connectivity index is 1.97. The zero-order valence-electron chi connectivity index (χ0n) is 20.2. The van der Waals surface area contributed by atoms with E-state index in [1.807, 2.05) is 13.8 Å². The quantitative estimate of drug-likeness (QED) is 0.239. The number of hydrogen-bond donors (Lipinski definition) is 0. The molecule has 0 amide bonds. The van der Waals surface area contributed by atoms with Gasteiger partial charge < -0.3 is 9.47 Å². The Kier molecular flexibility index (Phi) is 8.98. The van der Waals surface area contributed by atoms with Crippen LogP contribution in [0.25, 0.3) is 11.1 Å². The van der Waals surface area contributed by atoms with Crippen molar-refractivity contribution in [1.29, 1.82) is 0 Å². The van der Waals surface area contributed by atoms with Gasteiger partial charge in [0.1, 0.15) is 17.3 Å². The lowest BCUT2D eigenvalue weighted by Gasteiger charge is -2.22. The minimum atomic E-state index is -3.64. The molecule has 2 aromatic carbocycles. The van der Waals surface area contributed by atoms with Crippen molar-refractivity contribution in [2.75, 3.05) is 12.9 Å². The minimum Gasteiger partial charge on any atom is -0.494 e. The van der Waals surface area contributed by atoms with E-state index in [2.05, 4.69) is 4.98 Å². The van der Waals surface area contributed by atoms with Gasteiger partial charge in [-0.2, -0.15) is 0 Å². The molecule has 186 valence electrons. The van der Waals surface area contributed by atoms with Crippen molar-refractivity contribution < 1.29 is 27.1 Å². The van der Waals surface area contributed by atoms with Crippen LogP contribution >= 0.6 is 0 Å². The SMILES string of the molecule is CCCCOc1cc(-c2ccc(F)cc2)c(C(C)CCC(=O)Oc2cccnc2)c(S(C)(=O)=O)c1. The standard InChI is InChI=1S/C27H30FNO5S/c1-4-5-15-33-23-16-24(20-9-11-21(28)12-10-20)27(25(17-23)35(3,31)32)19(2)8-13-26(30)34-22-7-6-14-29-18-22/h6-7,9-12,14,16-19H,4-5,8,13,15H2,1-3H3. The van der Waals surface area contributed by atoms with E-state index in [1.165, 1.54) is 24.4 Å². The molecule has 0 bridgehead atoms. The molecule has 35 heavy (non-hydrogen) atoms. The Morgan fingerprint density at radius 2 is 1.86 bits per heavy atom. The van der Waals surface area contributed by atoms with Crippen LogP contribution in [0.5, 0.6) is 11.5 Å². The third-order valence-corrected chi connectivity index (χ3v) is 6.71. The Morgan fingerprint density at radius 1 is 1.11 bits per heavy atom. The summed E-state index contributed by atoms with van der Waals surface area (Å²) in [6, 6.07) is 12.5. The fourth-order valence-electron chi connectivity index (χ4n) is 3.77. The molecule has 6 nitrogen and oxygen atoms in total. The summed E-state index contributed by atoms with van der Waals surface area (Å²) in [4.78, 5) is 16.5. The second-order valence-corrected chi connectivity index (χ2v) is 10.5. The van der Waals surface area contributed by atoms with Crippen molar-refractivity contribution in [2.24, 2.45) is 0 Å². The molecule has 3 aromatic rings. The smallest absolute Gasteiger partial charge is 0.311 e. The first-order valence-corrected chi connectivity index (χ1v) is 13.5. The number of nitrogens with zero attached hydrogens (tertiary/aromatic N) is 1. The number of carbonyl (C=O) groups excluding carboxylic acids is 1. The van der Waals surface area contributed by atoms with Crippen molar-refractivity contribution in [3.05, 3.63) is 72.3 Å². The maximum atomic E-state index is 13.6. The highest BCUT2D eigenvalue weighted by Crippen LogP contribution is 2.40. The second-order valence-electron chi connectivity index (χ2n) is 8.47. The van der Waals surface area contributed by atoms with Crippen LogP contribution in [0.3, 0.4) is 0 Å². The van der Waals surface area contributed by atoms with Crippen LogP contribution in [0, 0.1) is 5.82 Å². The van der Waals surface area contributed by atoms with Crippen molar-refractivity contribution in [2.45, 2.75) is 50.3 Å². The van der Waals surface area contributed by atoms with Crippen LogP contribution in [0.4, 0.5) is 4.39 Å². The van der Waals surface area contributed by atoms with Gasteiger partial charge in [0.2, 0.25) is 0 Å². The van der Waals surface area contributed by atoms with Gasteiger partial charge in [-0.05, 0) is 71.8 Å². The van der Waals surface area contributed by atoms with Gasteiger partial charge in [0.15, 0.2) is 9.84 Å². The number of carbonyl (C=O) groups is 1. The van der Waals surface area contributed by atoms with Crippen LogP contribution in [-0.2, 0) is 14.6 Å². The maximum Gasteiger partial charge on any atom is 0.311 e. The molecule has 1 unspecified atom stereocenters. The first-order chi connectivity index (χ1) is 16.7. The van der Waals surface area contributed by atoms with E-state index in [4.69, 9.17) is 9.47 Å². The molecule has 0 fully saturated rings. The van der Waals surface area contributed by atoms with Gasteiger partial charge in [0.25, 0.3) is 0 Å². The largest absolute Gasteiger partial charge is 0.494 e. The first kappa shape index (κ1) is 26.3. The van der Waals surface area contributed by atoms with Gasteiger partial charge in [-0.3, -0.25) is 9.78 Å². The summed E-state index contributed by atoms with van der Waals surface area (Å²) < 4.78 is 50.5. The number of aromatic nitrogens is 1. The monoisotopic (exact) mass is 499 g/mol. The molecule has 0 radical (unpaired) electrons. The molecule has 0 N–H and O–H groups in total. The number of esters is 1. The van der Waals surface area contributed by atoms with Gasteiger partial charge in [0.05, 0.1) is 17.7 Å². The molecule has 0 aliphatic carbocycles. The predicted molar refractivity (Wildman–Crippen MR) is 133 cm³/mol. The summed E-state index contributed by atoms with van der Waals surface area (Å²) in [7, 11) is -3.64. The van der Waals surface area contributed by atoms with Crippen LogP contribution in [0.15, 0.2) is 65.8 Å². The van der Waals surface area contributed by atoms with E-state index in [0.29, 0.717) is 41.2 Å². The maximum absolute atomic E-state index is 13.6. The summed E-state index contributed by atoms with van der Waals surface area (Å²) in [5.41, 5.74) is 1.86. The molecule has 0 aliphatic heterocycles. The van der Waals surface area contributed by atoms with E-state index in [1.54, 1.807) is 36.5 Å². The minimum absolute atomic E-state index is 0.0802. The van der Waals surface area contributed by atoms with E-state index in [0.717, 1.165) is 19.1 Å². The predicted octanol–water partition coefficient (Wildman–Crippen LogP) is 5.96. The molecule has 0 spiro atoms. The van der Waals surface area contributed by atoms with Crippen LogP contribution in [0.2, 0.25) is 0 Å². The number of ether oxygens (including phenoxy) is 2. The molecule has 0 saturated carbocycles. The Morgan fingerprint density at radius 3 is 2.49 bits per heavy atom. The average Bonchev–Trinajstić information content (AvgIpc) is 2.83. The lowest BCUT2D eigenvalue weighted by atomic mass is 9.88. The number of rotatable bonds is 11. The zero-order valence-corrected chi connectivity index (χ0v) is 21.0. The topological polar surface area (TPSA) is 82.6 Å². The molecule has 8 heteroatoms. The summed E-state index contributed by atoms with van der Waals surface area (Å²) >= 11 is 0. The molecule has 0 aliphatic rings. The Hall–Kier alpha value is -3.26. The molecule has 1 atom stereocenters. The zero-order chi connectivity index (χ0) is 25.4. The number of benzene rings is 2. The molecule has 1 aromatic heterocycles. The molecular formula is C27H30FNO5S. The highest BCUT2D eigenvalue weighted by Gasteiger charge is 2.25. The van der Waals surface area contributed by atoms with Crippen LogP contribution in [-0.4, -0.2) is 32.2 Å². The molecule has 0 saturated heterocycles. The lowest BCUT2D eigenvalue weighted by molar-refractivity contribution is -0.134. The van der Waals surface area contributed by atoms with Crippen molar-refractivity contribution in [3.8, 4) is 22.6 Å². The third-order valence-electron chi connectivity index (χ3n) is 5.58. The van der Waals surface area contributed by atoms with Crippen molar-refractivity contribution in [1.82, 2.24) is 4.98 Å². The van der Waals surface area contributed by atoms with E-state index < -0.39 is 15.8 Å². The van der Waals surface area contributed by atoms with E-state index >= 15 is 0 Å². The molecule has 3 rings (SSSR count). The van der Waals surface area contributed by atoms with E-state index in [9.17, 15) is 17.6 Å². The number of halogens is 1. The van der Waals surface area contributed by atoms with Crippen LogP contribution in [0.1, 0.15) is 51.0 Å². The van der Waals surface area contributed by atoms with Gasteiger partial charge in [-0.25, -0.2) is 12.8 Å². The normalized spacial score (nSPS) is 12.2. The summed E-state index contributed by atoms with van der Waals surface area (Å²) in [6.07, 6.45) is 6.39. The van der Waals surface area contributed by atoms with Gasteiger partial charge >= 0.3 is 5.97 Å². The average molecular weight is 500 g/mol. The fraction of sp³-hybridized carbons (Fsp3) is 0.333. The summed E-state index contributed by atoms with van der Waals surface area (Å²) in [5, 5.41) is 0. The van der Waals surface area contributed by atoms with Crippen LogP contribution < -0.4 is 9.47 Å². The van der Waals surface area contributed by atoms with Gasteiger partial charge in [-0.1, -0.05) is 32.4 Å².